The van der Waals surface area contributed by atoms with Gasteiger partial charge in [-0.3, -0.25) is 9.59 Å². The molecule has 0 unspecified atom stereocenters. The van der Waals surface area contributed by atoms with Crippen molar-refractivity contribution in [2.24, 2.45) is 5.92 Å². The Balaban J connectivity index is 1.87. The molecule has 4 nitrogen and oxygen atoms in total. The second kappa shape index (κ2) is 5.60. The van der Waals surface area contributed by atoms with Crippen LogP contribution in [0.5, 0.6) is 0 Å². The summed E-state index contributed by atoms with van der Waals surface area (Å²) in [6, 6.07) is 7.43. The van der Waals surface area contributed by atoms with Crippen LogP contribution in [0.25, 0.3) is 0 Å². The van der Waals surface area contributed by atoms with Crippen LogP contribution >= 0.6 is 0 Å². The molecular formula is C17H23N2O2+. The van der Waals surface area contributed by atoms with Crippen molar-refractivity contribution in [3.63, 3.8) is 0 Å². The van der Waals surface area contributed by atoms with Gasteiger partial charge in [0.25, 0.3) is 5.91 Å². The van der Waals surface area contributed by atoms with Gasteiger partial charge in [0.2, 0.25) is 5.91 Å². The number of carbonyl (C=O) groups excluding carboxylic acids is 2. The van der Waals surface area contributed by atoms with Gasteiger partial charge in [0, 0.05) is 0 Å². The van der Waals surface area contributed by atoms with Crippen LogP contribution in [0.3, 0.4) is 0 Å². The summed E-state index contributed by atoms with van der Waals surface area (Å²) in [6.45, 7) is 5.92. The number of carbonyl (C=O) groups is 2. The number of rotatable bonds is 2. The summed E-state index contributed by atoms with van der Waals surface area (Å²) in [7, 11) is 0. The summed E-state index contributed by atoms with van der Waals surface area (Å²) >= 11 is 0. The Morgan fingerprint density at radius 3 is 2.24 bits per heavy atom. The molecule has 1 aromatic rings. The van der Waals surface area contributed by atoms with E-state index in [1.165, 1.54) is 16.2 Å². The maximum absolute atomic E-state index is 12.8. The molecule has 2 heterocycles. The molecule has 0 saturated carbocycles. The minimum absolute atomic E-state index is 0.0201. The Morgan fingerprint density at radius 1 is 1.00 bits per heavy atom. The van der Waals surface area contributed by atoms with Crippen LogP contribution in [0, 0.1) is 12.8 Å². The van der Waals surface area contributed by atoms with Gasteiger partial charge in [-0.25, -0.2) is 4.90 Å². The molecule has 21 heavy (non-hydrogen) atoms. The summed E-state index contributed by atoms with van der Waals surface area (Å²) < 4.78 is 0. The average Bonchev–Trinajstić information content (AvgIpc) is 2.72. The number of aryl methyl sites for hydroxylation is 1. The highest BCUT2D eigenvalue weighted by Gasteiger charge is 2.51. The van der Waals surface area contributed by atoms with E-state index in [9.17, 15) is 9.59 Å². The standard InChI is InChI=1S/C17H22N2O2/c1-12-6-8-14(9-7-12)19-16(20)13(2)15(17(19)21)18-10-4-3-5-11-18/h6-9,13,15H,3-5,10-11H2,1-2H3/p+1/t13-,15+/m1/s1. The lowest BCUT2D eigenvalue weighted by atomic mass is 10.0. The molecule has 1 aromatic carbocycles. The number of piperidine rings is 1. The van der Waals surface area contributed by atoms with Gasteiger partial charge in [-0.1, -0.05) is 17.7 Å². The van der Waals surface area contributed by atoms with Gasteiger partial charge in [0.1, 0.15) is 0 Å². The predicted octanol–water partition coefficient (Wildman–Crippen LogP) is 0.942. The van der Waals surface area contributed by atoms with E-state index in [1.54, 1.807) is 0 Å². The summed E-state index contributed by atoms with van der Waals surface area (Å²) in [5.41, 5.74) is 1.84. The molecule has 3 rings (SSSR count). The van der Waals surface area contributed by atoms with Gasteiger partial charge in [-0.15, -0.1) is 0 Å². The van der Waals surface area contributed by atoms with Gasteiger partial charge >= 0.3 is 0 Å². The quantitative estimate of drug-likeness (QED) is 0.823. The van der Waals surface area contributed by atoms with Crippen LogP contribution in [0.4, 0.5) is 5.69 Å². The molecule has 1 N–H and O–H groups in total. The van der Waals surface area contributed by atoms with Crippen molar-refractivity contribution in [1.29, 1.82) is 0 Å². The van der Waals surface area contributed by atoms with E-state index in [0.29, 0.717) is 5.69 Å². The summed E-state index contributed by atoms with van der Waals surface area (Å²) in [5, 5.41) is 0. The SMILES string of the molecule is Cc1ccc(N2C(=O)[C@@H]([NH+]3CCCCC3)[C@@H](C)C2=O)cc1. The Kier molecular flexibility index (Phi) is 3.81. The van der Waals surface area contributed by atoms with Gasteiger partial charge in [-0.05, 0) is 45.2 Å². The molecule has 2 aliphatic heterocycles. The van der Waals surface area contributed by atoms with Crippen LogP contribution in [-0.4, -0.2) is 30.9 Å². The highest BCUT2D eigenvalue weighted by molar-refractivity contribution is 6.22. The fourth-order valence-electron chi connectivity index (χ4n) is 3.60. The Hall–Kier alpha value is -1.68. The lowest BCUT2D eigenvalue weighted by Gasteiger charge is -2.29. The zero-order valence-electron chi connectivity index (χ0n) is 12.8. The maximum atomic E-state index is 12.8. The average molecular weight is 287 g/mol. The zero-order chi connectivity index (χ0) is 15.0. The largest absolute Gasteiger partial charge is 0.324 e. The van der Waals surface area contributed by atoms with E-state index in [-0.39, 0.29) is 23.8 Å². The third kappa shape index (κ3) is 2.48. The highest BCUT2D eigenvalue weighted by atomic mass is 16.2. The number of amides is 2. The van der Waals surface area contributed by atoms with Crippen LogP contribution < -0.4 is 9.80 Å². The lowest BCUT2D eigenvalue weighted by Crippen LogP contribution is -3.18. The number of likely N-dealkylation sites (tertiary alicyclic amines) is 1. The van der Waals surface area contributed by atoms with Crippen molar-refractivity contribution in [2.45, 2.75) is 39.2 Å². The van der Waals surface area contributed by atoms with E-state index in [2.05, 4.69) is 0 Å². The van der Waals surface area contributed by atoms with Gasteiger partial charge < -0.3 is 4.90 Å². The van der Waals surface area contributed by atoms with Crippen molar-refractivity contribution >= 4 is 17.5 Å². The minimum Gasteiger partial charge on any atom is -0.324 e. The molecule has 112 valence electrons. The topological polar surface area (TPSA) is 41.8 Å². The molecule has 2 atom stereocenters. The molecule has 0 aromatic heterocycles. The first-order chi connectivity index (χ1) is 10.1. The van der Waals surface area contributed by atoms with Crippen LogP contribution in [0.15, 0.2) is 24.3 Å². The second-order valence-corrected chi connectivity index (χ2v) is 6.33. The van der Waals surface area contributed by atoms with Crippen molar-refractivity contribution in [1.82, 2.24) is 0 Å². The van der Waals surface area contributed by atoms with E-state index in [1.807, 2.05) is 38.1 Å². The minimum atomic E-state index is -0.216. The molecule has 0 aliphatic carbocycles. The number of nitrogens with zero attached hydrogens (tertiary/aromatic N) is 1. The number of anilines is 1. The summed E-state index contributed by atoms with van der Waals surface area (Å²) in [6.07, 6.45) is 3.56. The first-order valence-electron chi connectivity index (χ1n) is 7.88. The van der Waals surface area contributed by atoms with Crippen LogP contribution in [0.1, 0.15) is 31.7 Å². The molecule has 0 bridgehead atoms. The molecule has 2 aliphatic rings. The smallest absolute Gasteiger partial charge is 0.292 e. The number of hydrogen-bond donors (Lipinski definition) is 1. The van der Waals surface area contributed by atoms with E-state index < -0.39 is 0 Å². The van der Waals surface area contributed by atoms with E-state index >= 15 is 0 Å². The summed E-state index contributed by atoms with van der Waals surface area (Å²) in [4.78, 5) is 28.0. The molecule has 0 radical (unpaired) electrons. The lowest BCUT2D eigenvalue weighted by molar-refractivity contribution is -0.922. The number of nitrogens with one attached hydrogen (secondary N) is 1. The maximum Gasteiger partial charge on any atom is 0.292 e. The fraction of sp³-hybridized carbons (Fsp3) is 0.529. The Morgan fingerprint density at radius 2 is 1.62 bits per heavy atom. The fourth-order valence-corrected chi connectivity index (χ4v) is 3.60. The number of imide groups is 1. The second-order valence-electron chi connectivity index (χ2n) is 6.33. The first-order valence-corrected chi connectivity index (χ1v) is 7.88. The number of benzene rings is 1. The van der Waals surface area contributed by atoms with Gasteiger partial charge in [-0.2, -0.15) is 0 Å². The summed E-state index contributed by atoms with van der Waals surface area (Å²) in [5.74, 6) is -0.285. The molecule has 2 saturated heterocycles. The van der Waals surface area contributed by atoms with Crippen molar-refractivity contribution in [3.05, 3.63) is 29.8 Å². The first kappa shape index (κ1) is 14.3. The number of quaternary nitrogens is 1. The monoisotopic (exact) mass is 287 g/mol. The molecular weight excluding hydrogens is 264 g/mol. The van der Waals surface area contributed by atoms with E-state index in [4.69, 9.17) is 0 Å². The van der Waals surface area contributed by atoms with Gasteiger partial charge in [0.15, 0.2) is 6.04 Å². The third-order valence-corrected chi connectivity index (χ3v) is 4.82. The van der Waals surface area contributed by atoms with Crippen LogP contribution in [-0.2, 0) is 9.59 Å². The Bertz CT molecular complexity index is 546. The number of hydrogen-bond acceptors (Lipinski definition) is 2. The predicted molar refractivity (Wildman–Crippen MR) is 81.2 cm³/mol. The van der Waals surface area contributed by atoms with Crippen molar-refractivity contribution in [3.8, 4) is 0 Å². The van der Waals surface area contributed by atoms with Crippen molar-refractivity contribution in [2.75, 3.05) is 18.0 Å². The highest BCUT2D eigenvalue weighted by Crippen LogP contribution is 2.26. The van der Waals surface area contributed by atoms with Crippen molar-refractivity contribution < 1.29 is 14.5 Å². The van der Waals surface area contributed by atoms with Crippen LogP contribution in [0.2, 0.25) is 0 Å². The normalized spacial score (nSPS) is 27.4. The van der Waals surface area contributed by atoms with Gasteiger partial charge in [0.05, 0.1) is 24.7 Å². The molecule has 2 amide bonds. The Labute approximate surface area is 125 Å². The molecule has 2 fully saturated rings. The molecule has 0 spiro atoms. The molecule has 4 heteroatoms. The van der Waals surface area contributed by atoms with E-state index in [0.717, 1.165) is 31.5 Å². The zero-order valence-corrected chi connectivity index (χ0v) is 12.8. The third-order valence-electron chi connectivity index (χ3n) is 4.82.